The summed E-state index contributed by atoms with van der Waals surface area (Å²) in [5.41, 5.74) is 0. The van der Waals surface area contributed by atoms with Crippen LogP contribution < -0.4 is 0 Å². The number of hydrogen-bond donors (Lipinski definition) is 0. The third-order valence-electron chi connectivity index (χ3n) is 2.69. The van der Waals surface area contributed by atoms with E-state index in [0.717, 1.165) is 0 Å². The Hall–Kier alpha value is -0.860. The van der Waals surface area contributed by atoms with Crippen LogP contribution in [-0.2, 0) is 14.3 Å². The number of hydrogen-bond acceptors (Lipinski definition) is 3. The van der Waals surface area contributed by atoms with Gasteiger partial charge in [-0.15, -0.1) is 0 Å². The fourth-order valence-electron chi connectivity index (χ4n) is 1.61. The third-order valence-corrected chi connectivity index (χ3v) is 2.69. The molecule has 0 aromatic rings. The molecule has 1 heterocycles. The number of ether oxygens (including phenoxy) is 1. The zero-order valence-corrected chi connectivity index (χ0v) is 11.3. The van der Waals surface area contributed by atoms with Crippen LogP contribution >= 0.6 is 0 Å². The summed E-state index contributed by atoms with van der Waals surface area (Å²) >= 11 is 0. The van der Waals surface area contributed by atoms with E-state index in [1.54, 1.807) is 0 Å². The van der Waals surface area contributed by atoms with Gasteiger partial charge in [0.1, 0.15) is 12.2 Å². The summed E-state index contributed by atoms with van der Waals surface area (Å²) in [6.45, 7) is 4.80. The van der Waals surface area contributed by atoms with Crippen LogP contribution in [0.15, 0.2) is 0 Å². The van der Waals surface area contributed by atoms with Crippen molar-refractivity contribution in [1.29, 1.82) is 0 Å². The van der Waals surface area contributed by atoms with E-state index in [0.29, 0.717) is 6.42 Å². The van der Waals surface area contributed by atoms with Crippen molar-refractivity contribution >= 4 is 11.8 Å². The molecular formula is C14H26O3. The molecule has 3 heteroatoms. The average Bonchev–Trinajstić information content (AvgIpc) is 2.29. The number of esters is 1. The molecule has 0 amide bonds. The first-order chi connectivity index (χ1) is 8.20. The van der Waals surface area contributed by atoms with Crippen molar-refractivity contribution in [3.05, 3.63) is 0 Å². The second-order valence-electron chi connectivity index (χ2n) is 4.45. The number of ketones is 1. The highest BCUT2D eigenvalue weighted by molar-refractivity contribution is 5.97. The number of rotatable bonds is 6. The first-order valence-corrected chi connectivity index (χ1v) is 6.88. The number of carbonyl (C=O) groups is 2. The molecule has 0 aliphatic carbocycles. The molecule has 0 aromatic heterocycles. The van der Waals surface area contributed by atoms with Crippen LogP contribution in [-0.4, -0.2) is 18.4 Å². The van der Waals surface area contributed by atoms with Crippen LogP contribution in [0, 0.1) is 0 Å². The van der Waals surface area contributed by atoms with E-state index in [9.17, 15) is 9.59 Å². The lowest BCUT2D eigenvalue weighted by molar-refractivity contribution is -0.150. The molecule has 0 saturated carbocycles. The summed E-state index contributed by atoms with van der Waals surface area (Å²) in [5, 5.41) is 0. The van der Waals surface area contributed by atoms with Gasteiger partial charge in [0.25, 0.3) is 0 Å². The van der Waals surface area contributed by atoms with Crippen LogP contribution in [0.5, 0.6) is 0 Å². The number of Topliss-reactive ketones (excluding diaryl/α,β-unsaturated/α-hetero) is 1. The topological polar surface area (TPSA) is 43.4 Å². The summed E-state index contributed by atoms with van der Waals surface area (Å²) in [6, 6.07) is 0. The second kappa shape index (κ2) is 11.6. The molecule has 1 saturated heterocycles. The maximum atomic E-state index is 10.4. The monoisotopic (exact) mass is 242 g/mol. The molecule has 0 radical (unpaired) electrons. The van der Waals surface area contributed by atoms with Crippen molar-refractivity contribution in [3.63, 3.8) is 0 Å². The Bertz CT molecular complexity index is 192. The molecule has 3 nitrogen and oxygen atoms in total. The van der Waals surface area contributed by atoms with Gasteiger partial charge in [-0.05, 0) is 0 Å². The predicted octanol–water partition coefficient (Wildman–Crippen LogP) is 3.65. The first kappa shape index (κ1) is 16.1. The summed E-state index contributed by atoms with van der Waals surface area (Å²) in [5.74, 6) is -0.400. The zero-order chi connectivity index (χ0) is 12.9. The highest BCUT2D eigenvalue weighted by atomic mass is 16.5. The van der Waals surface area contributed by atoms with Gasteiger partial charge in [0.05, 0.1) is 6.61 Å². The Morgan fingerprint density at radius 2 is 1.47 bits per heavy atom. The summed E-state index contributed by atoms with van der Waals surface area (Å²) in [6.07, 6.45) is 10.3. The van der Waals surface area contributed by atoms with Gasteiger partial charge >= 0.3 is 5.97 Å². The Morgan fingerprint density at radius 1 is 0.941 bits per heavy atom. The minimum atomic E-state index is -0.388. The lowest BCUT2D eigenvalue weighted by atomic mass is 10.1. The van der Waals surface area contributed by atoms with Gasteiger partial charge in [-0.2, -0.15) is 0 Å². The molecule has 1 aliphatic rings. The Kier molecular flexibility index (Phi) is 11.0. The molecule has 0 unspecified atom stereocenters. The lowest BCUT2D eigenvalue weighted by Crippen LogP contribution is -2.19. The molecule has 1 aliphatic heterocycles. The molecule has 0 N–H and O–H groups in total. The fraction of sp³-hybridized carbons (Fsp3) is 0.857. The van der Waals surface area contributed by atoms with Crippen LogP contribution in [0.4, 0.5) is 0 Å². The van der Waals surface area contributed by atoms with Crippen LogP contribution in [0.25, 0.3) is 0 Å². The van der Waals surface area contributed by atoms with E-state index in [1.807, 2.05) is 0 Å². The van der Waals surface area contributed by atoms with Crippen molar-refractivity contribution in [2.45, 2.75) is 71.6 Å². The summed E-state index contributed by atoms with van der Waals surface area (Å²) in [4.78, 5) is 20.6. The standard InChI is InChI=1S/C9H20.C5H6O3/c1-3-5-7-9-8-6-4-2;6-4-1-2-8-5(7)3-4/h3-9H2,1-2H3;1-3H2. The Balaban J connectivity index is 0.000000302. The van der Waals surface area contributed by atoms with Crippen LogP contribution in [0.2, 0.25) is 0 Å². The third kappa shape index (κ3) is 11.4. The molecule has 1 fully saturated rings. The molecule has 0 aromatic carbocycles. The molecule has 100 valence electrons. The van der Waals surface area contributed by atoms with E-state index in [4.69, 9.17) is 0 Å². The Morgan fingerprint density at radius 3 is 1.82 bits per heavy atom. The molecular weight excluding hydrogens is 216 g/mol. The van der Waals surface area contributed by atoms with E-state index < -0.39 is 0 Å². The van der Waals surface area contributed by atoms with Crippen molar-refractivity contribution in [3.8, 4) is 0 Å². The maximum absolute atomic E-state index is 10.4. The van der Waals surface area contributed by atoms with E-state index >= 15 is 0 Å². The van der Waals surface area contributed by atoms with Crippen molar-refractivity contribution in [2.75, 3.05) is 6.61 Å². The largest absolute Gasteiger partial charge is 0.465 e. The minimum Gasteiger partial charge on any atom is -0.465 e. The quantitative estimate of drug-likeness (QED) is 0.405. The number of carbonyl (C=O) groups excluding carboxylic acids is 2. The van der Waals surface area contributed by atoms with Gasteiger partial charge in [-0.3, -0.25) is 9.59 Å². The van der Waals surface area contributed by atoms with E-state index in [-0.39, 0.29) is 24.8 Å². The first-order valence-electron chi connectivity index (χ1n) is 6.88. The van der Waals surface area contributed by atoms with Crippen LogP contribution in [0.1, 0.15) is 71.6 Å². The Labute approximate surface area is 105 Å². The smallest absolute Gasteiger partial charge is 0.313 e. The SMILES string of the molecule is CCCCCCCCC.O=C1CCOC(=O)C1. The summed E-state index contributed by atoms with van der Waals surface area (Å²) in [7, 11) is 0. The second-order valence-corrected chi connectivity index (χ2v) is 4.45. The van der Waals surface area contributed by atoms with Crippen LogP contribution in [0.3, 0.4) is 0 Å². The molecule has 1 rings (SSSR count). The predicted molar refractivity (Wildman–Crippen MR) is 68.9 cm³/mol. The van der Waals surface area contributed by atoms with Crippen molar-refractivity contribution in [1.82, 2.24) is 0 Å². The fourth-order valence-corrected chi connectivity index (χ4v) is 1.61. The highest BCUT2D eigenvalue weighted by Gasteiger charge is 2.15. The molecule has 17 heavy (non-hydrogen) atoms. The molecule has 0 bridgehead atoms. The number of cyclic esters (lactones) is 1. The van der Waals surface area contributed by atoms with Gasteiger partial charge in [0.2, 0.25) is 0 Å². The van der Waals surface area contributed by atoms with Gasteiger partial charge in [-0.25, -0.2) is 0 Å². The van der Waals surface area contributed by atoms with E-state index in [2.05, 4.69) is 18.6 Å². The lowest BCUT2D eigenvalue weighted by Gasteiger charge is -2.07. The average molecular weight is 242 g/mol. The zero-order valence-electron chi connectivity index (χ0n) is 11.3. The van der Waals surface area contributed by atoms with Gasteiger partial charge in [0.15, 0.2) is 0 Å². The minimum absolute atomic E-state index is 0.0127. The normalized spacial score (nSPS) is 14.9. The van der Waals surface area contributed by atoms with Gasteiger partial charge in [-0.1, -0.05) is 58.8 Å². The number of unbranched alkanes of at least 4 members (excludes halogenated alkanes) is 6. The summed E-state index contributed by atoms with van der Waals surface area (Å²) < 4.78 is 4.49. The van der Waals surface area contributed by atoms with E-state index in [1.165, 1.54) is 44.9 Å². The van der Waals surface area contributed by atoms with Crippen molar-refractivity contribution < 1.29 is 14.3 Å². The van der Waals surface area contributed by atoms with Gasteiger partial charge < -0.3 is 4.74 Å². The van der Waals surface area contributed by atoms with Gasteiger partial charge in [0, 0.05) is 6.42 Å². The molecule has 0 atom stereocenters. The maximum Gasteiger partial charge on any atom is 0.313 e. The highest BCUT2D eigenvalue weighted by Crippen LogP contribution is 2.05. The molecule has 0 spiro atoms. The van der Waals surface area contributed by atoms with Crippen molar-refractivity contribution in [2.24, 2.45) is 0 Å².